The van der Waals surface area contributed by atoms with Gasteiger partial charge in [-0.1, -0.05) is 25.1 Å². The monoisotopic (exact) mass is 329 g/mol. The van der Waals surface area contributed by atoms with Crippen LogP contribution in [0.4, 0.5) is 0 Å². The number of aliphatic hydroxyl groups is 1. The van der Waals surface area contributed by atoms with Gasteiger partial charge in [-0.2, -0.15) is 0 Å². The Hall–Kier alpha value is -2.21. The van der Waals surface area contributed by atoms with Crippen LogP contribution in [-0.4, -0.2) is 39.1 Å². The third-order valence-electron chi connectivity index (χ3n) is 4.59. The van der Waals surface area contributed by atoms with Crippen molar-refractivity contribution in [1.29, 1.82) is 0 Å². The van der Waals surface area contributed by atoms with Crippen molar-refractivity contribution in [2.24, 2.45) is 5.92 Å². The molecule has 0 saturated carbocycles. The molecule has 1 saturated heterocycles. The molecule has 6 heteroatoms. The molecule has 0 radical (unpaired) electrons. The lowest BCUT2D eigenvalue weighted by Crippen LogP contribution is -2.39. The fourth-order valence-electron chi connectivity index (χ4n) is 3.03. The standard InChI is InChI=1S/C18H23N3O3/c1-12(2)15-11-16(24-20-15)18(23)21-9-6-13(7-10-21)17(22)14-5-3-4-8-19-14/h3-5,8,11-13,17,22H,6-7,9-10H2,1-2H3/t17-/m0/s1. The summed E-state index contributed by atoms with van der Waals surface area (Å²) in [6.07, 6.45) is 2.60. The van der Waals surface area contributed by atoms with E-state index in [2.05, 4.69) is 10.1 Å². The van der Waals surface area contributed by atoms with E-state index in [0.717, 1.165) is 18.5 Å². The minimum Gasteiger partial charge on any atom is -0.387 e. The summed E-state index contributed by atoms with van der Waals surface area (Å²) in [5, 5.41) is 14.4. The highest BCUT2D eigenvalue weighted by Crippen LogP contribution is 2.30. The van der Waals surface area contributed by atoms with Crippen LogP contribution >= 0.6 is 0 Å². The number of pyridine rings is 1. The number of carbonyl (C=O) groups is 1. The number of amides is 1. The number of nitrogens with zero attached hydrogens (tertiary/aromatic N) is 3. The smallest absolute Gasteiger partial charge is 0.292 e. The Kier molecular flexibility index (Phi) is 4.94. The highest BCUT2D eigenvalue weighted by Gasteiger charge is 2.30. The molecule has 6 nitrogen and oxygen atoms in total. The Morgan fingerprint density at radius 1 is 1.29 bits per heavy atom. The van der Waals surface area contributed by atoms with Gasteiger partial charge in [-0.05, 0) is 36.8 Å². The second-order valence-corrected chi connectivity index (χ2v) is 6.60. The van der Waals surface area contributed by atoms with E-state index >= 15 is 0 Å². The molecule has 128 valence electrons. The van der Waals surface area contributed by atoms with Crippen molar-refractivity contribution in [3.63, 3.8) is 0 Å². The molecule has 1 fully saturated rings. The highest BCUT2D eigenvalue weighted by atomic mass is 16.5. The molecule has 1 amide bonds. The van der Waals surface area contributed by atoms with Gasteiger partial charge in [0.1, 0.15) is 0 Å². The van der Waals surface area contributed by atoms with Crippen LogP contribution in [0.3, 0.4) is 0 Å². The zero-order chi connectivity index (χ0) is 17.1. The molecule has 2 aromatic heterocycles. The average Bonchev–Trinajstić information content (AvgIpc) is 3.12. The minimum absolute atomic E-state index is 0.116. The Balaban J connectivity index is 1.59. The van der Waals surface area contributed by atoms with E-state index in [0.29, 0.717) is 24.5 Å². The van der Waals surface area contributed by atoms with Crippen LogP contribution in [0.15, 0.2) is 35.0 Å². The molecule has 0 aromatic carbocycles. The zero-order valence-electron chi connectivity index (χ0n) is 14.1. The summed E-state index contributed by atoms with van der Waals surface area (Å²) in [7, 11) is 0. The molecule has 24 heavy (non-hydrogen) atoms. The molecule has 0 spiro atoms. The maximum atomic E-state index is 12.5. The average molecular weight is 329 g/mol. The maximum Gasteiger partial charge on any atom is 0.292 e. The quantitative estimate of drug-likeness (QED) is 0.933. The van der Waals surface area contributed by atoms with Crippen LogP contribution in [0.25, 0.3) is 0 Å². The molecule has 0 unspecified atom stereocenters. The minimum atomic E-state index is -0.582. The Morgan fingerprint density at radius 2 is 2.04 bits per heavy atom. The highest BCUT2D eigenvalue weighted by molar-refractivity contribution is 5.91. The number of hydrogen-bond acceptors (Lipinski definition) is 5. The van der Waals surface area contributed by atoms with Gasteiger partial charge >= 0.3 is 0 Å². The van der Waals surface area contributed by atoms with E-state index in [4.69, 9.17) is 4.52 Å². The van der Waals surface area contributed by atoms with Gasteiger partial charge in [0.15, 0.2) is 0 Å². The molecular formula is C18H23N3O3. The number of piperidine rings is 1. The summed E-state index contributed by atoms with van der Waals surface area (Å²) < 4.78 is 5.18. The van der Waals surface area contributed by atoms with E-state index < -0.39 is 6.10 Å². The SMILES string of the molecule is CC(C)c1cc(C(=O)N2CCC([C@H](O)c3ccccn3)CC2)on1. The van der Waals surface area contributed by atoms with Crippen LogP contribution in [0.5, 0.6) is 0 Å². The Morgan fingerprint density at radius 3 is 2.62 bits per heavy atom. The van der Waals surface area contributed by atoms with Gasteiger partial charge in [0, 0.05) is 25.4 Å². The van der Waals surface area contributed by atoms with Crippen molar-refractivity contribution < 1.29 is 14.4 Å². The molecule has 0 bridgehead atoms. The normalized spacial score (nSPS) is 17.2. The lowest BCUT2D eigenvalue weighted by molar-refractivity contribution is 0.0423. The van der Waals surface area contributed by atoms with Crippen molar-refractivity contribution in [3.8, 4) is 0 Å². The van der Waals surface area contributed by atoms with Crippen molar-refractivity contribution in [2.45, 2.75) is 38.7 Å². The van der Waals surface area contributed by atoms with Crippen LogP contribution in [0, 0.1) is 5.92 Å². The van der Waals surface area contributed by atoms with E-state index in [1.807, 2.05) is 32.0 Å². The van der Waals surface area contributed by atoms with Gasteiger partial charge in [-0.3, -0.25) is 9.78 Å². The van der Waals surface area contributed by atoms with Gasteiger partial charge in [0.25, 0.3) is 5.91 Å². The topological polar surface area (TPSA) is 79.5 Å². The third-order valence-corrected chi connectivity index (χ3v) is 4.59. The van der Waals surface area contributed by atoms with E-state index in [-0.39, 0.29) is 17.7 Å². The number of rotatable bonds is 4. The fourth-order valence-corrected chi connectivity index (χ4v) is 3.03. The summed E-state index contributed by atoms with van der Waals surface area (Å²) in [4.78, 5) is 18.5. The number of carbonyl (C=O) groups excluding carboxylic acids is 1. The van der Waals surface area contributed by atoms with Gasteiger partial charge in [-0.25, -0.2) is 0 Å². The molecule has 1 atom stereocenters. The van der Waals surface area contributed by atoms with Crippen LogP contribution in [-0.2, 0) is 0 Å². The lowest BCUT2D eigenvalue weighted by atomic mass is 9.89. The Labute approximate surface area is 141 Å². The van der Waals surface area contributed by atoms with Crippen LogP contribution in [0.1, 0.15) is 60.7 Å². The summed E-state index contributed by atoms with van der Waals surface area (Å²) in [5.74, 6) is 0.516. The predicted molar refractivity (Wildman–Crippen MR) is 88.4 cm³/mol. The largest absolute Gasteiger partial charge is 0.387 e. The van der Waals surface area contributed by atoms with Gasteiger partial charge < -0.3 is 14.5 Å². The van der Waals surface area contributed by atoms with Crippen LogP contribution < -0.4 is 0 Å². The second kappa shape index (κ2) is 7.13. The van der Waals surface area contributed by atoms with Gasteiger partial charge in [0.05, 0.1) is 17.5 Å². The third kappa shape index (κ3) is 3.48. The zero-order valence-corrected chi connectivity index (χ0v) is 14.1. The molecule has 1 aliphatic heterocycles. The molecule has 0 aliphatic carbocycles. The number of aromatic nitrogens is 2. The van der Waals surface area contributed by atoms with E-state index in [1.54, 1.807) is 17.2 Å². The van der Waals surface area contributed by atoms with Crippen LogP contribution in [0.2, 0.25) is 0 Å². The predicted octanol–water partition coefficient (Wildman–Crippen LogP) is 2.78. The first-order valence-electron chi connectivity index (χ1n) is 8.41. The summed E-state index contributed by atoms with van der Waals surface area (Å²) in [6.45, 7) is 5.23. The first-order chi connectivity index (χ1) is 11.6. The van der Waals surface area contributed by atoms with Crippen molar-refractivity contribution >= 4 is 5.91 Å². The number of aliphatic hydroxyl groups excluding tert-OH is 1. The number of hydrogen-bond donors (Lipinski definition) is 1. The van der Waals surface area contributed by atoms with Gasteiger partial charge in [0.2, 0.25) is 5.76 Å². The molecule has 2 aromatic rings. The summed E-state index contributed by atoms with van der Waals surface area (Å²) in [5.41, 5.74) is 1.48. The molecular weight excluding hydrogens is 306 g/mol. The Bertz CT molecular complexity index is 676. The van der Waals surface area contributed by atoms with Crippen molar-refractivity contribution in [1.82, 2.24) is 15.0 Å². The summed E-state index contributed by atoms with van der Waals surface area (Å²) >= 11 is 0. The summed E-state index contributed by atoms with van der Waals surface area (Å²) in [6, 6.07) is 7.27. The molecule has 3 heterocycles. The second-order valence-electron chi connectivity index (χ2n) is 6.60. The number of likely N-dealkylation sites (tertiary alicyclic amines) is 1. The first-order valence-corrected chi connectivity index (χ1v) is 8.41. The van der Waals surface area contributed by atoms with E-state index in [9.17, 15) is 9.90 Å². The molecule has 1 N–H and O–H groups in total. The van der Waals surface area contributed by atoms with Crippen molar-refractivity contribution in [2.75, 3.05) is 13.1 Å². The molecule has 1 aliphatic rings. The van der Waals surface area contributed by atoms with E-state index in [1.165, 1.54) is 0 Å². The first kappa shape index (κ1) is 16.6. The maximum absolute atomic E-state index is 12.5. The van der Waals surface area contributed by atoms with Crippen molar-refractivity contribution in [3.05, 3.63) is 47.6 Å². The molecule has 3 rings (SSSR count). The van der Waals surface area contributed by atoms with Gasteiger partial charge in [-0.15, -0.1) is 0 Å². The fraction of sp³-hybridized carbons (Fsp3) is 0.500. The lowest BCUT2D eigenvalue weighted by Gasteiger charge is -2.33.